The Bertz CT molecular complexity index is 927. The first-order chi connectivity index (χ1) is 12.0. The molecule has 0 atom stereocenters. The molecule has 3 aromatic rings. The van der Waals surface area contributed by atoms with Crippen molar-refractivity contribution < 1.29 is 9.59 Å². The summed E-state index contributed by atoms with van der Waals surface area (Å²) in [5.41, 5.74) is 2.02. The molecule has 2 aromatic carbocycles. The Labute approximate surface area is 149 Å². The van der Waals surface area contributed by atoms with Crippen LogP contribution in [-0.2, 0) is 4.79 Å². The molecule has 126 valence electrons. The molecule has 2 amide bonds. The van der Waals surface area contributed by atoms with Crippen LogP contribution in [0.1, 0.15) is 15.4 Å². The lowest BCUT2D eigenvalue weighted by atomic mass is 10.2. The molecule has 1 aromatic heterocycles. The predicted octanol–water partition coefficient (Wildman–Crippen LogP) is 3.65. The molecular weight excluding hydrogens is 334 g/mol. The smallest absolute Gasteiger partial charge is 0.253 e. The van der Waals surface area contributed by atoms with Gasteiger partial charge in [0.1, 0.15) is 5.01 Å². The zero-order valence-electron chi connectivity index (χ0n) is 13.9. The SMILES string of the molecule is CN(C)C(=O)c1cccc(NC(=O)/C=C/c2nc3ccccc3s2)c1. The largest absolute Gasteiger partial charge is 0.345 e. The van der Waals surface area contributed by atoms with Gasteiger partial charge in [-0.05, 0) is 36.4 Å². The number of anilines is 1. The molecule has 0 spiro atoms. The first-order valence-corrected chi connectivity index (χ1v) is 8.51. The van der Waals surface area contributed by atoms with E-state index in [0.717, 1.165) is 15.2 Å². The Kier molecular flexibility index (Phi) is 4.90. The number of para-hydroxylation sites is 1. The van der Waals surface area contributed by atoms with Gasteiger partial charge < -0.3 is 10.2 Å². The van der Waals surface area contributed by atoms with Crippen LogP contribution in [-0.4, -0.2) is 35.8 Å². The summed E-state index contributed by atoms with van der Waals surface area (Å²) in [7, 11) is 3.38. The predicted molar refractivity (Wildman–Crippen MR) is 102 cm³/mol. The highest BCUT2D eigenvalue weighted by molar-refractivity contribution is 7.19. The molecule has 0 aliphatic carbocycles. The Hall–Kier alpha value is -2.99. The maximum atomic E-state index is 12.1. The molecule has 3 rings (SSSR count). The standard InChI is InChI=1S/C19H17N3O2S/c1-22(2)19(24)13-6-5-7-14(12-13)20-17(23)10-11-18-21-15-8-3-4-9-16(15)25-18/h3-12H,1-2H3,(H,20,23)/b11-10+. The number of rotatable bonds is 4. The molecule has 0 fully saturated rings. The zero-order chi connectivity index (χ0) is 17.8. The summed E-state index contributed by atoms with van der Waals surface area (Å²) in [6.07, 6.45) is 3.13. The third-order valence-corrected chi connectivity index (χ3v) is 4.47. The number of thiazole rings is 1. The minimum atomic E-state index is -0.270. The van der Waals surface area contributed by atoms with E-state index in [4.69, 9.17) is 0 Å². The maximum Gasteiger partial charge on any atom is 0.253 e. The van der Waals surface area contributed by atoms with Crippen molar-refractivity contribution in [2.45, 2.75) is 0 Å². The first-order valence-electron chi connectivity index (χ1n) is 7.69. The lowest BCUT2D eigenvalue weighted by Gasteiger charge is -2.11. The lowest BCUT2D eigenvalue weighted by molar-refractivity contribution is -0.111. The van der Waals surface area contributed by atoms with Gasteiger partial charge in [0.2, 0.25) is 5.91 Å². The monoisotopic (exact) mass is 351 g/mol. The summed E-state index contributed by atoms with van der Waals surface area (Å²) in [5, 5.41) is 3.53. The van der Waals surface area contributed by atoms with Gasteiger partial charge in [0.15, 0.2) is 0 Å². The molecule has 25 heavy (non-hydrogen) atoms. The Morgan fingerprint density at radius 1 is 1.12 bits per heavy atom. The molecule has 0 aliphatic heterocycles. The fourth-order valence-corrected chi connectivity index (χ4v) is 3.15. The van der Waals surface area contributed by atoms with Crippen LogP contribution < -0.4 is 5.32 Å². The van der Waals surface area contributed by atoms with Crippen LogP contribution in [0.2, 0.25) is 0 Å². The molecule has 0 saturated carbocycles. The normalized spacial score (nSPS) is 11.0. The van der Waals surface area contributed by atoms with E-state index in [1.807, 2.05) is 24.3 Å². The molecular formula is C19H17N3O2S. The number of benzene rings is 2. The first kappa shape index (κ1) is 16.9. The van der Waals surface area contributed by atoms with E-state index in [0.29, 0.717) is 11.3 Å². The number of nitrogens with zero attached hydrogens (tertiary/aromatic N) is 2. The molecule has 0 saturated heterocycles. The van der Waals surface area contributed by atoms with Crippen molar-refractivity contribution in [3.8, 4) is 0 Å². The minimum Gasteiger partial charge on any atom is -0.345 e. The van der Waals surface area contributed by atoms with E-state index in [2.05, 4.69) is 10.3 Å². The van der Waals surface area contributed by atoms with Crippen LogP contribution in [0.4, 0.5) is 5.69 Å². The van der Waals surface area contributed by atoms with Gasteiger partial charge in [-0.15, -0.1) is 11.3 Å². The second-order valence-corrected chi connectivity index (χ2v) is 6.69. The molecule has 5 nitrogen and oxygen atoms in total. The lowest BCUT2D eigenvalue weighted by Crippen LogP contribution is -2.21. The van der Waals surface area contributed by atoms with E-state index >= 15 is 0 Å². The van der Waals surface area contributed by atoms with Crippen molar-refractivity contribution >= 4 is 45.1 Å². The van der Waals surface area contributed by atoms with Crippen molar-refractivity contribution in [2.75, 3.05) is 19.4 Å². The number of fused-ring (bicyclic) bond motifs is 1. The van der Waals surface area contributed by atoms with Crippen molar-refractivity contribution in [1.29, 1.82) is 0 Å². The Morgan fingerprint density at radius 3 is 2.68 bits per heavy atom. The third kappa shape index (κ3) is 4.10. The summed E-state index contributed by atoms with van der Waals surface area (Å²) in [6, 6.07) is 14.7. The molecule has 1 N–H and O–H groups in total. The van der Waals surface area contributed by atoms with E-state index in [1.54, 1.807) is 44.4 Å². The highest BCUT2D eigenvalue weighted by atomic mass is 32.1. The van der Waals surface area contributed by atoms with E-state index in [1.165, 1.54) is 22.3 Å². The number of aromatic nitrogens is 1. The van der Waals surface area contributed by atoms with Crippen molar-refractivity contribution in [1.82, 2.24) is 9.88 Å². The number of carbonyl (C=O) groups is 2. The van der Waals surface area contributed by atoms with Crippen LogP contribution in [0.25, 0.3) is 16.3 Å². The summed E-state index contributed by atoms with van der Waals surface area (Å²) >= 11 is 1.53. The van der Waals surface area contributed by atoms with Crippen molar-refractivity contribution in [3.05, 3.63) is 65.2 Å². The van der Waals surface area contributed by atoms with Crippen LogP contribution >= 0.6 is 11.3 Å². The topological polar surface area (TPSA) is 62.3 Å². The van der Waals surface area contributed by atoms with Gasteiger partial charge in [0, 0.05) is 31.4 Å². The van der Waals surface area contributed by atoms with E-state index in [9.17, 15) is 9.59 Å². The molecule has 0 aliphatic rings. The molecule has 1 heterocycles. The number of hydrogen-bond acceptors (Lipinski definition) is 4. The molecule has 0 unspecified atom stereocenters. The fraction of sp³-hybridized carbons (Fsp3) is 0.105. The highest BCUT2D eigenvalue weighted by Gasteiger charge is 2.09. The van der Waals surface area contributed by atoms with Crippen LogP contribution in [0, 0.1) is 0 Å². The highest BCUT2D eigenvalue weighted by Crippen LogP contribution is 2.22. The Balaban J connectivity index is 1.70. The van der Waals surface area contributed by atoms with Crippen LogP contribution in [0.3, 0.4) is 0 Å². The van der Waals surface area contributed by atoms with Gasteiger partial charge in [-0.3, -0.25) is 9.59 Å². The second kappa shape index (κ2) is 7.27. The van der Waals surface area contributed by atoms with E-state index in [-0.39, 0.29) is 11.8 Å². The fourth-order valence-electron chi connectivity index (χ4n) is 2.28. The second-order valence-electron chi connectivity index (χ2n) is 5.62. The zero-order valence-corrected chi connectivity index (χ0v) is 14.7. The van der Waals surface area contributed by atoms with E-state index < -0.39 is 0 Å². The summed E-state index contributed by atoms with van der Waals surface area (Å²) in [5.74, 6) is -0.380. The van der Waals surface area contributed by atoms with Crippen molar-refractivity contribution in [3.63, 3.8) is 0 Å². The Morgan fingerprint density at radius 2 is 1.92 bits per heavy atom. The van der Waals surface area contributed by atoms with Gasteiger partial charge in [-0.1, -0.05) is 18.2 Å². The van der Waals surface area contributed by atoms with Crippen LogP contribution in [0.5, 0.6) is 0 Å². The minimum absolute atomic E-state index is 0.110. The molecule has 0 radical (unpaired) electrons. The number of amides is 2. The average molecular weight is 351 g/mol. The summed E-state index contributed by atoms with van der Waals surface area (Å²) in [6.45, 7) is 0. The number of hydrogen-bond donors (Lipinski definition) is 1. The number of nitrogens with one attached hydrogen (secondary N) is 1. The number of carbonyl (C=O) groups excluding carboxylic acids is 2. The van der Waals surface area contributed by atoms with Gasteiger partial charge in [0.05, 0.1) is 10.2 Å². The quantitative estimate of drug-likeness (QED) is 0.730. The van der Waals surface area contributed by atoms with Gasteiger partial charge >= 0.3 is 0 Å². The van der Waals surface area contributed by atoms with Crippen molar-refractivity contribution in [2.24, 2.45) is 0 Å². The molecule has 6 heteroatoms. The maximum absolute atomic E-state index is 12.1. The summed E-state index contributed by atoms with van der Waals surface area (Å²) < 4.78 is 1.08. The molecule has 0 bridgehead atoms. The van der Waals surface area contributed by atoms with Crippen LogP contribution in [0.15, 0.2) is 54.6 Å². The summed E-state index contributed by atoms with van der Waals surface area (Å²) in [4.78, 5) is 30.0. The third-order valence-electron chi connectivity index (χ3n) is 3.47. The van der Waals surface area contributed by atoms with Gasteiger partial charge in [-0.2, -0.15) is 0 Å². The average Bonchev–Trinajstić information content (AvgIpc) is 3.02. The van der Waals surface area contributed by atoms with Gasteiger partial charge in [0.25, 0.3) is 5.91 Å². The van der Waals surface area contributed by atoms with Gasteiger partial charge in [-0.25, -0.2) is 4.98 Å².